The monoisotopic (exact) mass is 416 g/mol. The van der Waals surface area contributed by atoms with Crippen molar-refractivity contribution < 1.29 is 13.6 Å². The summed E-state index contributed by atoms with van der Waals surface area (Å²) < 4.78 is 18.8. The van der Waals surface area contributed by atoms with Gasteiger partial charge in [-0.15, -0.1) is 10.2 Å². The van der Waals surface area contributed by atoms with E-state index in [-0.39, 0.29) is 16.2 Å². The molecule has 4 rings (SSSR count). The second kappa shape index (κ2) is 7.65. The van der Waals surface area contributed by atoms with Crippen LogP contribution in [0, 0.1) is 5.82 Å². The van der Waals surface area contributed by atoms with Gasteiger partial charge in [-0.25, -0.2) is 4.39 Å². The smallest absolute Gasteiger partial charge is 0.277 e. The van der Waals surface area contributed by atoms with Crippen molar-refractivity contribution in [3.8, 4) is 11.5 Å². The Balaban J connectivity index is 1.46. The third kappa shape index (κ3) is 3.74. The van der Waals surface area contributed by atoms with Gasteiger partial charge in [-0.3, -0.25) is 4.79 Å². The minimum absolute atomic E-state index is 0.130. The molecule has 28 heavy (non-hydrogen) atoms. The van der Waals surface area contributed by atoms with Gasteiger partial charge in [-0.1, -0.05) is 41.6 Å². The van der Waals surface area contributed by atoms with Gasteiger partial charge in [0.2, 0.25) is 5.91 Å². The van der Waals surface area contributed by atoms with Crippen LogP contribution in [0.1, 0.15) is 6.92 Å². The molecule has 0 unspecified atom stereocenters. The lowest BCUT2D eigenvalue weighted by Crippen LogP contribution is -2.22. The summed E-state index contributed by atoms with van der Waals surface area (Å²) in [6, 6.07) is 11.6. The van der Waals surface area contributed by atoms with Crippen molar-refractivity contribution in [1.82, 2.24) is 15.2 Å². The van der Waals surface area contributed by atoms with Crippen LogP contribution < -0.4 is 5.32 Å². The molecule has 2 aromatic carbocycles. The first-order valence-electron chi connectivity index (χ1n) is 8.34. The zero-order valence-electron chi connectivity index (χ0n) is 14.6. The van der Waals surface area contributed by atoms with Crippen LogP contribution in [-0.2, 0) is 4.79 Å². The molecular formula is C19H14ClFN4O2S. The van der Waals surface area contributed by atoms with E-state index in [1.165, 1.54) is 12.1 Å². The maximum atomic E-state index is 13.1. The number of fused-ring (bicyclic) bond motifs is 1. The lowest BCUT2D eigenvalue weighted by molar-refractivity contribution is -0.115. The maximum Gasteiger partial charge on any atom is 0.277 e. The van der Waals surface area contributed by atoms with E-state index >= 15 is 0 Å². The quantitative estimate of drug-likeness (QED) is 0.440. The molecule has 0 fully saturated rings. The van der Waals surface area contributed by atoms with Gasteiger partial charge in [0.05, 0.1) is 21.5 Å². The fraction of sp³-hybridized carbons (Fsp3) is 0.105. The molecule has 2 N–H and O–H groups in total. The molecule has 0 aliphatic carbocycles. The van der Waals surface area contributed by atoms with Crippen LogP contribution >= 0.6 is 23.4 Å². The highest BCUT2D eigenvalue weighted by molar-refractivity contribution is 8.00. The predicted molar refractivity (Wildman–Crippen MR) is 107 cm³/mol. The van der Waals surface area contributed by atoms with Gasteiger partial charge in [-0.05, 0) is 31.2 Å². The van der Waals surface area contributed by atoms with Gasteiger partial charge in [0.15, 0.2) is 0 Å². The number of H-pyrrole nitrogens is 1. The number of aromatic nitrogens is 3. The molecule has 0 saturated carbocycles. The number of carbonyl (C=O) groups excluding carboxylic acids is 1. The predicted octanol–water partition coefficient (Wildman–Crippen LogP) is 5.13. The standard InChI is InChI=1S/C19H14ClFN4O2S/c1-10(17(26)23-16-7-6-11(21)8-14(16)20)28-19-25-24-18(27-19)13-9-22-15-5-3-2-4-12(13)15/h2-10,22H,1H3,(H,23,26)/t10-/m0/s1. The van der Waals surface area contributed by atoms with E-state index in [0.29, 0.717) is 11.6 Å². The first-order valence-corrected chi connectivity index (χ1v) is 9.59. The van der Waals surface area contributed by atoms with Gasteiger partial charge in [0, 0.05) is 17.1 Å². The fourth-order valence-electron chi connectivity index (χ4n) is 2.64. The molecule has 142 valence electrons. The van der Waals surface area contributed by atoms with E-state index in [9.17, 15) is 9.18 Å². The number of halogens is 2. The average molecular weight is 417 g/mol. The van der Waals surface area contributed by atoms with Crippen LogP contribution in [-0.4, -0.2) is 26.3 Å². The Labute approximate surface area is 168 Å². The lowest BCUT2D eigenvalue weighted by atomic mass is 10.2. The van der Waals surface area contributed by atoms with Gasteiger partial charge < -0.3 is 14.7 Å². The van der Waals surface area contributed by atoms with E-state index < -0.39 is 11.1 Å². The second-order valence-electron chi connectivity index (χ2n) is 5.99. The van der Waals surface area contributed by atoms with Crippen LogP contribution in [0.4, 0.5) is 10.1 Å². The van der Waals surface area contributed by atoms with Crippen LogP contribution in [0.15, 0.2) is 58.3 Å². The molecule has 2 heterocycles. The van der Waals surface area contributed by atoms with Gasteiger partial charge in [-0.2, -0.15) is 0 Å². The van der Waals surface area contributed by atoms with Gasteiger partial charge in [0.1, 0.15) is 5.82 Å². The zero-order chi connectivity index (χ0) is 19.7. The van der Waals surface area contributed by atoms with Crippen molar-refractivity contribution in [2.45, 2.75) is 17.4 Å². The molecule has 0 saturated heterocycles. The van der Waals surface area contributed by atoms with Crippen molar-refractivity contribution in [1.29, 1.82) is 0 Å². The molecule has 2 aromatic heterocycles. The maximum absolute atomic E-state index is 13.1. The van der Waals surface area contributed by atoms with Crippen molar-refractivity contribution in [3.05, 3.63) is 59.5 Å². The van der Waals surface area contributed by atoms with E-state index in [2.05, 4.69) is 20.5 Å². The number of hydrogen-bond acceptors (Lipinski definition) is 5. The van der Waals surface area contributed by atoms with Crippen LogP contribution in [0.2, 0.25) is 5.02 Å². The molecule has 1 atom stereocenters. The first kappa shape index (κ1) is 18.5. The number of para-hydroxylation sites is 1. The Morgan fingerprint density at radius 2 is 2.11 bits per heavy atom. The van der Waals surface area contributed by atoms with Crippen molar-refractivity contribution in [2.75, 3.05) is 5.32 Å². The zero-order valence-corrected chi connectivity index (χ0v) is 16.1. The Bertz CT molecular complexity index is 1160. The molecule has 6 nitrogen and oxygen atoms in total. The molecule has 0 radical (unpaired) electrons. The Morgan fingerprint density at radius 3 is 2.93 bits per heavy atom. The van der Waals surface area contributed by atoms with Crippen molar-refractivity contribution in [2.24, 2.45) is 0 Å². The van der Waals surface area contributed by atoms with E-state index in [1.54, 1.807) is 13.1 Å². The highest BCUT2D eigenvalue weighted by Gasteiger charge is 2.20. The Morgan fingerprint density at radius 1 is 1.29 bits per heavy atom. The number of benzene rings is 2. The number of nitrogens with zero attached hydrogens (tertiary/aromatic N) is 2. The number of thioether (sulfide) groups is 1. The number of amides is 1. The summed E-state index contributed by atoms with van der Waals surface area (Å²) in [7, 11) is 0. The highest BCUT2D eigenvalue weighted by atomic mass is 35.5. The normalized spacial score (nSPS) is 12.2. The second-order valence-corrected chi connectivity index (χ2v) is 7.69. The lowest BCUT2D eigenvalue weighted by Gasteiger charge is -2.11. The number of aromatic amines is 1. The highest BCUT2D eigenvalue weighted by Crippen LogP contribution is 2.31. The number of anilines is 1. The summed E-state index contributed by atoms with van der Waals surface area (Å²) in [6.07, 6.45) is 1.80. The van der Waals surface area contributed by atoms with Crippen LogP contribution in [0.5, 0.6) is 0 Å². The van der Waals surface area contributed by atoms with Crippen LogP contribution in [0.25, 0.3) is 22.4 Å². The van der Waals surface area contributed by atoms with E-state index in [4.69, 9.17) is 16.0 Å². The number of hydrogen-bond donors (Lipinski definition) is 2. The number of rotatable bonds is 5. The van der Waals surface area contributed by atoms with Crippen LogP contribution in [0.3, 0.4) is 0 Å². The average Bonchev–Trinajstić information content (AvgIpc) is 3.30. The van der Waals surface area contributed by atoms with E-state index in [1.807, 2.05) is 24.3 Å². The van der Waals surface area contributed by atoms with Crippen molar-refractivity contribution in [3.63, 3.8) is 0 Å². The summed E-state index contributed by atoms with van der Waals surface area (Å²) in [5.74, 6) is -0.416. The summed E-state index contributed by atoms with van der Waals surface area (Å²) in [6.45, 7) is 1.70. The minimum atomic E-state index is -0.530. The molecule has 0 bridgehead atoms. The minimum Gasteiger partial charge on any atom is -0.411 e. The third-order valence-electron chi connectivity index (χ3n) is 4.06. The van der Waals surface area contributed by atoms with Crippen molar-refractivity contribution >= 4 is 45.9 Å². The molecule has 1 amide bonds. The molecule has 9 heteroatoms. The number of carbonyl (C=O) groups is 1. The first-order chi connectivity index (χ1) is 13.5. The Hall–Kier alpha value is -2.84. The summed E-state index contributed by atoms with van der Waals surface area (Å²) in [5.41, 5.74) is 2.10. The molecule has 4 aromatic rings. The number of nitrogens with one attached hydrogen (secondary N) is 2. The summed E-state index contributed by atoms with van der Waals surface area (Å²) in [4.78, 5) is 15.5. The fourth-order valence-corrected chi connectivity index (χ4v) is 3.54. The van der Waals surface area contributed by atoms with Gasteiger partial charge in [0.25, 0.3) is 11.1 Å². The molecule has 0 aliphatic heterocycles. The topological polar surface area (TPSA) is 83.8 Å². The molecule has 0 aliphatic rings. The Kier molecular flexibility index (Phi) is 5.06. The molecular weight excluding hydrogens is 403 g/mol. The molecule has 0 spiro atoms. The van der Waals surface area contributed by atoms with E-state index in [0.717, 1.165) is 34.3 Å². The largest absolute Gasteiger partial charge is 0.411 e. The summed E-state index contributed by atoms with van der Waals surface area (Å²) >= 11 is 7.06. The SMILES string of the molecule is C[C@H](Sc1nnc(-c2c[nH]c3ccccc23)o1)C(=O)Nc1ccc(F)cc1Cl. The van der Waals surface area contributed by atoms with Gasteiger partial charge >= 0.3 is 0 Å². The third-order valence-corrected chi connectivity index (χ3v) is 5.31. The summed E-state index contributed by atoms with van der Waals surface area (Å²) in [5, 5.41) is 11.6.